The molecule has 0 spiro atoms. The first-order valence-corrected chi connectivity index (χ1v) is 6.72. The molecule has 22 heavy (non-hydrogen) atoms. The highest BCUT2D eigenvalue weighted by atomic mass is 35.5. The van der Waals surface area contributed by atoms with Gasteiger partial charge < -0.3 is 15.8 Å². The highest BCUT2D eigenvalue weighted by Gasteiger charge is 2.11. The Labute approximate surface area is 136 Å². The van der Waals surface area contributed by atoms with Crippen LogP contribution in [0.1, 0.15) is 24.2 Å². The van der Waals surface area contributed by atoms with E-state index in [2.05, 4.69) is 10.3 Å². The Morgan fingerprint density at radius 1 is 1.36 bits per heavy atom. The van der Waals surface area contributed by atoms with Gasteiger partial charge in [-0.1, -0.05) is 12.1 Å². The monoisotopic (exact) mass is 321 g/mol. The Morgan fingerprint density at radius 2 is 2.14 bits per heavy atom. The van der Waals surface area contributed by atoms with Crippen LogP contribution in [0.25, 0.3) is 0 Å². The lowest BCUT2D eigenvalue weighted by Crippen LogP contribution is -2.28. The number of rotatable bonds is 5. The number of aromatic nitrogens is 1. The van der Waals surface area contributed by atoms with Gasteiger partial charge in [-0.25, -0.2) is 0 Å². The molecule has 0 saturated heterocycles. The molecule has 1 aromatic heterocycles. The third kappa shape index (κ3) is 4.93. The first kappa shape index (κ1) is 17.8. The minimum atomic E-state index is -0.0959. The zero-order valence-corrected chi connectivity index (χ0v) is 13.4. The van der Waals surface area contributed by atoms with Crippen molar-refractivity contribution in [2.45, 2.75) is 19.4 Å². The number of halogens is 1. The van der Waals surface area contributed by atoms with E-state index in [0.717, 1.165) is 11.3 Å². The average Bonchev–Trinajstić information content (AvgIpc) is 2.49. The molecule has 5 nitrogen and oxygen atoms in total. The largest absolute Gasteiger partial charge is 0.497 e. The summed E-state index contributed by atoms with van der Waals surface area (Å²) in [5, 5.41) is 2.94. The van der Waals surface area contributed by atoms with E-state index in [9.17, 15) is 4.79 Å². The van der Waals surface area contributed by atoms with Gasteiger partial charge in [0, 0.05) is 5.69 Å². The lowest BCUT2D eigenvalue weighted by atomic mass is 10.1. The van der Waals surface area contributed by atoms with Crippen LogP contribution in [-0.4, -0.2) is 18.0 Å². The van der Waals surface area contributed by atoms with Crippen molar-refractivity contribution in [1.29, 1.82) is 0 Å². The highest BCUT2D eigenvalue weighted by Crippen LogP contribution is 2.18. The molecular formula is C16H20ClN3O2. The molecule has 1 amide bonds. The molecule has 0 saturated carbocycles. The molecule has 1 heterocycles. The fourth-order valence-electron chi connectivity index (χ4n) is 1.99. The Morgan fingerprint density at radius 3 is 2.77 bits per heavy atom. The van der Waals surface area contributed by atoms with Gasteiger partial charge in [0.15, 0.2) is 0 Å². The summed E-state index contributed by atoms with van der Waals surface area (Å²) in [5.41, 5.74) is 7.84. The van der Waals surface area contributed by atoms with Crippen LogP contribution in [0.5, 0.6) is 5.75 Å². The summed E-state index contributed by atoms with van der Waals surface area (Å²) in [6.45, 7) is 1.93. The molecule has 1 unspecified atom stereocenters. The van der Waals surface area contributed by atoms with E-state index in [1.54, 1.807) is 25.4 Å². The van der Waals surface area contributed by atoms with E-state index in [4.69, 9.17) is 10.5 Å². The number of amides is 1. The summed E-state index contributed by atoms with van der Waals surface area (Å²) in [4.78, 5) is 16.1. The second-order valence-electron chi connectivity index (χ2n) is 4.83. The Bertz CT molecular complexity index is 617. The first-order valence-electron chi connectivity index (χ1n) is 6.72. The number of carbonyl (C=O) groups excluding carboxylic acids is 1. The fourth-order valence-corrected chi connectivity index (χ4v) is 1.99. The number of nitrogens with two attached hydrogens (primary N) is 1. The van der Waals surface area contributed by atoms with Crippen LogP contribution in [0.4, 0.5) is 5.69 Å². The van der Waals surface area contributed by atoms with E-state index in [0.29, 0.717) is 11.4 Å². The third-order valence-electron chi connectivity index (χ3n) is 3.16. The smallest absolute Gasteiger partial charge is 0.226 e. The van der Waals surface area contributed by atoms with E-state index < -0.39 is 0 Å². The molecule has 0 aliphatic rings. The molecular weight excluding hydrogens is 302 g/mol. The quantitative estimate of drug-likeness (QED) is 0.887. The molecule has 0 bridgehead atoms. The predicted molar refractivity (Wildman–Crippen MR) is 89.2 cm³/mol. The number of pyridine rings is 1. The molecule has 1 aromatic carbocycles. The maximum absolute atomic E-state index is 12.0. The van der Waals surface area contributed by atoms with Crippen LogP contribution in [-0.2, 0) is 11.2 Å². The molecule has 0 radical (unpaired) electrons. The second kappa shape index (κ2) is 8.24. The number of nitrogens with zero attached hydrogens (tertiary/aromatic N) is 1. The van der Waals surface area contributed by atoms with Gasteiger partial charge in [-0.3, -0.25) is 9.78 Å². The number of benzene rings is 1. The van der Waals surface area contributed by atoms with Gasteiger partial charge in [0.05, 0.1) is 31.5 Å². The van der Waals surface area contributed by atoms with Crippen molar-refractivity contribution in [2.75, 3.05) is 12.8 Å². The van der Waals surface area contributed by atoms with Crippen molar-refractivity contribution in [3.8, 4) is 5.75 Å². The zero-order chi connectivity index (χ0) is 15.2. The summed E-state index contributed by atoms with van der Waals surface area (Å²) in [6, 6.07) is 11.0. The van der Waals surface area contributed by atoms with Crippen LogP contribution in [0.2, 0.25) is 0 Å². The summed E-state index contributed by atoms with van der Waals surface area (Å²) in [7, 11) is 1.62. The van der Waals surface area contributed by atoms with Crippen molar-refractivity contribution < 1.29 is 9.53 Å². The van der Waals surface area contributed by atoms with Gasteiger partial charge in [0.2, 0.25) is 5.91 Å². The second-order valence-corrected chi connectivity index (χ2v) is 4.83. The first-order chi connectivity index (χ1) is 10.1. The van der Waals surface area contributed by atoms with E-state index in [1.165, 1.54) is 0 Å². The van der Waals surface area contributed by atoms with Gasteiger partial charge in [-0.05, 0) is 36.8 Å². The minimum Gasteiger partial charge on any atom is -0.497 e. The number of nitrogen functional groups attached to an aromatic ring is 1. The zero-order valence-electron chi connectivity index (χ0n) is 12.6. The molecule has 2 rings (SSSR count). The van der Waals surface area contributed by atoms with Gasteiger partial charge in [-0.15, -0.1) is 12.4 Å². The predicted octanol–water partition coefficient (Wildman–Crippen LogP) is 2.51. The van der Waals surface area contributed by atoms with E-state index >= 15 is 0 Å². The maximum Gasteiger partial charge on any atom is 0.226 e. The Kier molecular flexibility index (Phi) is 6.66. The van der Waals surface area contributed by atoms with Crippen LogP contribution in [0.3, 0.4) is 0 Å². The molecule has 0 fully saturated rings. The summed E-state index contributed by atoms with van der Waals surface area (Å²) in [5.74, 6) is 0.691. The van der Waals surface area contributed by atoms with Crippen molar-refractivity contribution in [3.63, 3.8) is 0 Å². The maximum atomic E-state index is 12.0. The standard InChI is InChI=1S/C16H19N3O2.ClH/c1-11(12-4-3-5-15(8-12)21-2)19-16(20)9-14-7-6-13(17)10-18-14;/h3-8,10-11H,9,17H2,1-2H3,(H,19,20);1H. The van der Waals surface area contributed by atoms with Crippen molar-refractivity contribution in [2.24, 2.45) is 0 Å². The molecule has 3 N–H and O–H groups in total. The summed E-state index contributed by atoms with van der Waals surface area (Å²) < 4.78 is 5.18. The van der Waals surface area contributed by atoms with Gasteiger partial charge in [-0.2, -0.15) is 0 Å². The topological polar surface area (TPSA) is 77.2 Å². The average molecular weight is 322 g/mol. The lowest BCUT2D eigenvalue weighted by Gasteiger charge is -2.15. The molecule has 118 valence electrons. The molecule has 0 aliphatic heterocycles. The minimum absolute atomic E-state index is 0. The number of nitrogens with one attached hydrogen (secondary N) is 1. The fraction of sp³-hybridized carbons (Fsp3) is 0.250. The molecule has 2 aromatic rings. The lowest BCUT2D eigenvalue weighted by molar-refractivity contribution is -0.121. The summed E-state index contributed by atoms with van der Waals surface area (Å²) >= 11 is 0. The number of ether oxygens (including phenoxy) is 1. The highest BCUT2D eigenvalue weighted by molar-refractivity contribution is 5.85. The SMILES string of the molecule is COc1cccc(C(C)NC(=O)Cc2ccc(N)cn2)c1.Cl. The van der Waals surface area contributed by atoms with E-state index in [-0.39, 0.29) is 30.8 Å². The van der Waals surface area contributed by atoms with Crippen LogP contribution in [0.15, 0.2) is 42.6 Å². The van der Waals surface area contributed by atoms with Crippen LogP contribution >= 0.6 is 12.4 Å². The number of hydrogen-bond donors (Lipinski definition) is 2. The van der Waals surface area contributed by atoms with Gasteiger partial charge >= 0.3 is 0 Å². The number of hydrogen-bond acceptors (Lipinski definition) is 4. The van der Waals surface area contributed by atoms with Gasteiger partial charge in [0.1, 0.15) is 5.75 Å². The van der Waals surface area contributed by atoms with Crippen LogP contribution < -0.4 is 15.8 Å². The molecule has 0 aliphatic carbocycles. The van der Waals surface area contributed by atoms with Crippen molar-refractivity contribution in [3.05, 3.63) is 53.9 Å². The van der Waals surface area contributed by atoms with Crippen molar-refractivity contribution in [1.82, 2.24) is 10.3 Å². The Hall–Kier alpha value is -2.27. The number of anilines is 1. The van der Waals surface area contributed by atoms with E-state index in [1.807, 2.05) is 31.2 Å². The van der Waals surface area contributed by atoms with Crippen molar-refractivity contribution >= 4 is 24.0 Å². The normalized spacial score (nSPS) is 11.2. The number of carbonyl (C=O) groups is 1. The van der Waals surface area contributed by atoms with Crippen LogP contribution in [0, 0.1) is 0 Å². The number of methoxy groups -OCH3 is 1. The Balaban J connectivity index is 0.00000242. The van der Waals surface area contributed by atoms with Gasteiger partial charge in [0.25, 0.3) is 0 Å². The summed E-state index contributed by atoms with van der Waals surface area (Å²) in [6.07, 6.45) is 1.78. The third-order valence-corrected chi connectivity index (χ3v) is 3.16. The molecule has 1 atom stereocenters. The molecule has 6 heteroatoms.